The van der Waals surface area contributed by atoms with Gasteiger partial charge >= 0.3 is 0 Å². The van der Waals surface area contributed by atoms with Crippen LogP contribution in [0.1, 0.15) is 46.5 Å². The summed E-state index contributed by atoms with van der Waals surface area (Å²) in [5.74, 6) is -0.153. The molecule has 1 aliphatic heterocycles. The summed E-state index contributed by atoms with van der Waals surface area (Å²) in [6.07, 6.45) is 31.3. The Hall–Kier alpha value is -2.95. The standard InChI is InChI=1S/C29H39NO3/c1-4-5-6-7-8-9-19-26-20-13-10-16-24(2)17-11-14-21-27(31)28(32)23-25(3)18-12-15-22-29(33)30-26/h6-18,21-23,26-28,31-32H,4-5,19-20H2,1-3H3,(H,30,33)/b7-6+,9-8+,13-10+,17-11+,18-12+,21-14+,22-15-,24-16+,25-23-/t26-,27-,28+/m1/s1. The van der Waals surface area contributed by atoms with Crippen LogP contribution < -0.4 is 5.32 Å². The molecule has 0 spiro atoms. The van der Waals surface area contributed by atoms with E-state index < -0.39 is 12.2 Å². The Labute approximate surface area is 199 Å². The summed E-state index contributed by atoms with van der Waals surface area (Å²) in [7, 11) is 0. The normalized spacial score (nSPS) is 31.7. The topological polar surface area (TPSA) is 69.6 Å². The average molecular weight is 450 g/mol. The smallest absolute Gasteiger partial charge is 0.244 e. The van der Waals surface area contributed by atoms with Crippen LogP contribution in [0.15, 0.2) is 108 Å². The highest BCUT2D eigenvalue weighted by Crippen LogP contribution is 2.06. The lowest BCUT2D eigenvalue weighted by Crippen LogP contribution is -2.32. The molecule has 0 unspecified atom stereocenters. The molecule has 0 aromatic heterocycles. The predicted molar refractivity (Wildman–Crippen MR) is 140 cm³/mol. The Bertz CT molecular complexity index is 850. The fourth-order valence-corrected chi connectivity index (χ4v) is 2.92. The highest BCUT2D eigenvalue weighted by Gasteiger charge is 2.09. The monoisotopic (exact) mass is 449 g/mol. The van der Waals surface area contributed by atoms with Crippen molar-refractivity contribution in [2.24, 2.45) is 0 Å². The summed E-state index contributed by atoms with van der Waals surface area (Å²) in [6.45, 7) is 5.96. The van der Waals surface area contributed by atoms with Crippen LogP contribution in [0.3, 0.4) is 0 Å². The van der Waals surface area contributed by atoms with Gasteiger partial charge in [0, 0.05) is 12.1 Å². The van der Waals surface area contributed by atoms with E-state index in [0.29, 0.717) is 0 Å². The molecule has 0 fully saturated rings. The van der Waals surface area contributed by atoms with Crippen molar-refractivity contribution in [2.75, 3.05) is 0 Å². The fraction of sp³-hybridized carbons (Fsp3) is 0.345. The summed E-state index contributed by atoms with van der Waals surface area (Å²) in [4.78, 5) is 12.4. The van der Waals surface area contributed by atoms with Crippen molar-refractivity contribution in [3.63, 3.8) is 0 Å². The first-order valence-corrected chi connectivity index (χ1v) is 11.6. The van der Waals surface area contributed by atoms with Crippen LogP contribution >= 0.6 is 0 Å². The molecule has 3 atom stereocenters. The summed E-state index contributed by atoms with van der Waals surface area (Å²) >= 11 is 0. The van der Waals surface area contributed by atoms with E-state index in [2.05, 4.69) is 36.5 Å². The summed E-state index contributed by atoms with van der Waals surface area (Å²) in [5, 5.41) is 23.2. The maximum atomic E-state index is 12.4. The minimum Gasteiger partial charge on any atom is -0.386 e. The van der Waals surface area contributed by atoms with E-state index in [0.717, 1.165) is 36.8 Å². The number of carbonyl (C=O) groups is 1. The molecule has 3 N–H and O–H groups in total. The molecule has 4 nitrogen and oxygen atoms in total. The highest BCUT2D eigenvalue weighted by atomic mass is 16.3. The number of allylic oxidation sites excluding steroid dienone is 13. The van der Waals surface area contributed by atoms with Crippen LogP contribution in [0.5, 0.6) is 0 Å². The van der Waals surface area contributed by atoms with Crippen molar-refractivity contribution >= 4 is 5.91 Å². The third-order valence-corrected chi connectivity index (χ3v) is 4.80. The lowest BCUT2D eigenvalue weighted by atomic mass is 10.1. The molecule has 0 bridgehead atoms. The Morgan fingerprint density at radius 2 is 1.64 bits per heavy atom. The number of unbranched alkanes of at least 4 members (excludes halogenated alkanes) is 1. The van der Waals surface area contributed by atoms with Gasteiger partial charge in [0.1, 0.15) is 12.2 Å². The molecule has 0 radical (unpaired) electrons. The number of rotatable bonds is 5. The lowest BCUT2D eigenvalue weighted by molar-refractivity contribution is -0.117. The number of nitrogens with one attached hydrogen (secondary N) is 1. The first-order valence-electron chi connectivity index (χ1n) is 11.6. The fourth-order valence-electron chi connectivity index (χ4n) is 2.92. The van der Waals surface area contributed by atoms with Gasteiger partial charge < -0.3 is 15.5 Å². The number of aliphatic hydroxyl groups is 2. The van der Waals surface area contributed by atoms with Crippen molar-refractivity contribution in [2.45, 2.75) is 64.7 Å². The predicted octanol–water partition coefficient (Wildman–Crippen LogP) is 5.57. The maximum absolute atomic E-state index is 12.4. The zero-order valence-corrected chi connectivity index (χ0v) is 20.1. The number of carbonyl (C=O) groups excluding carboxylic acids is 1. The number of hydrogen-bond donors (Lipinski definition) is 3. The SMILES string of the molecule is CCC/C=C/C=C/C[C@@H]1C/C=C/C=C(C)/C=C/C=C/[C@@H](O)[C@@H](O)\C=C(C)/C=C/C=C\C(=O)N1. The van der Waals surface area contributed by atoms with Gasteiger partial charge in [-0.2, -0.15) is 0 Å². The molecule has 178 valence electrons. The van der Waals surface area contributed by atoms with Gasteiger partial charge in [-0.15, -0.1) is 0 Å². The van der Waals surface area contributed by atoms with Gasteiger partial charge in [0.25, 0.3) is 0 Å². The Balaban J connectivity index is 2.99. The van der Waals surface area contributed by atoms with Gasteiger partial charge in [-0.1, -0.05) is 116 Å². The third kappa shape index (κ3) is 14.7. The van der Waals surface area contributed by atoms with E-state index in [9.17, 15) is 15.0 Å². The van der Waals surface area contributed by atoms with Crippen LogP contribution in [0.25, 0.3) is 0 Å². The zero-order chi connectivity index (χ0) is 24.3. The number of amides is 1. The molecule has 0 aromatic rings. The minimum atomic E-state index is -1.01. The first-order chi connectivity index (χ1) is 15.9. The molecule has 0 saturated heterocycles. The number of hydrogen-bond acceptors (Lipinski definition) is 3. The van der Waals surface area contributed by atoms with Crippen molar-refractivity contribution < 1.29 is 15.0 Å². The van der Waals surface area contributed by atoms with Crippen molar-refractivity contribution in [1.29, 1.82) is 0 Å². The zero-order valence-electron chi connectivity index (χ0n) is 20.1. The quantitative estimate of drug-likeness (QED) is 0.480. The van der Waals surface area contributed by atoms with Crippen LogP contribution in [0.4, 0.5) is 0 Å². The molecule has 0 aromatic carbocycles. The van der Waals surface area contributed by atoms with E-state index in [4.69, 9.17) is 0 Å². The summed E-state index contributed by atoms with van der Waals surface area (Å²) in [6, 6.07) is -0.00533. The van der Waals surface area contributed by atoms with E-state index >= 15 is 0 Å². The van der Waals surface area contributed by atoms with E-state index in [-0.39, 0.29) is 11.9 Å². The third-order valence-electron chi connectivity index (χ3n) is 4.80. The molecule has 1 heterocycles. The van der Waals surface area contributed by atoms with Gasteiger partial charge in [-0.3, -0.25) is 4.79 Å². The molecule has 1 amide bonds. The van der Waals surface area contributed by atoms with Crippen molar-refractivity contribution in [3.05, 3.63) is 108 Å². The van der Waals surface area contributed by atoms with Gasteiger partial charge in [-0.05, 0) is 33.1 Å². The molecule has 0 aliphatic carbocycles. The molecule has 4 heteroatoms. The number of aliphatic hydroxyl groups excluding tert-OH is 2. The van der Waals surface area contributed by atoms with Crippen LogP contribution in [0, 0.1) is 0 Å². The highest BCUT2D eigenvalue weighted by molar-refractivity contribution is 5.88. The second-order valence-electron chi connectivity index (χ2n) is 8.01. The second kappa shape index (κ2) is 17.6. The first kappa shape index (κ1) is 28.1. The Morgan fingerprint density at radius 1 is 0.939 bits per heavy atom. The van der Waals surface area contributed by atoms with E-state index in [1.807, 2.05) is 44.2 Å². The average Bonchev–Trinajstić information content (AvgIpc) is 2.78. The van der Waals surface area contributed by atoms with Gasteiger partial charge in [0.15, 0.2) is 0 Å². The Kier molecular flexibility index (Phi) is 15.0. The van der Waals surface area contributed by atoms with Gasteiger partial charge in [-0.25, -0.2) is 0 Å². The molecular formula is C29H39NO3. The summed E-state index contributed by atoms with van der Waals surface area (Å²) < 4.78 is 0. The second-order valence-corrected chi connectivity index (χ2v) is 8.01. The van der Waals surface area contributed by atoms with Crippen LogP contribution in [-0.2, 0) is 4.79 Å². The van der Waals surface area contributed by atoms with Gasteiger partial charge in [0.2, 0.25) is 5.91 Å². The van der Waals surface area contributed by atoms with Gasteiger partial charge in [0.05, 0.1) is 0 Å². The lowest BCUT2D eigenvalue weighted by Gasteiger charge is -2.14. The molecular weight excluding hydrogens is 410 g/mol. The van der Waals surface area contributed by atoms with Crippen LogP contribution in [-0.4, -0.2) is 34.4 Å². The largest absolute Gasteiger partial charge is 0.386 e. The summed E-state index contributed by atoms with van der Waals surface area (Å²) in [5.41, 5.74) is 1.83. The molecule has 0 saturated carbocycles. The molecule has 33 heavy (non-hydrogen) atoms. The Morgan fingerprint density at radius 3 is 2.42 bits per heavy atom. The van der Waals surface area contributed by atoms with Crippen molar-refractivity contribution in [1.82, 2.24) is 5.32 Å². The van der Waals surface area contributed by atoms with Crippen molar-refractivity contribution in [3.8, 4) is 0 Å². The minimum absolute atomic E-state index is 0.00533. The maximum Gasteiger partial charge on any atom is 0.244 e. The van der Waals surface area contributed by atoms with Crippen LogP contribution in [0.2, 0.25) is 0 Å². The van der Waals surface area contributed by atoms with E-state index in [1.165, 1.54) is 6.08 Å². The molecule has 1 rings (SSSR count). The van der Waals surface area contributed by atoms with E-state index in [1.54, 1.807) is 36.5 Å². The molecule has 1 aliphatic rings.